The summed E-state index contributed by atoms with van der Waals surface area (Å²) in [6.07, 6.45) is 0. The predicted octanol–water partition coefficient (Wildman–Crippen LogP) is 1.84. The zero-order valence-corrected chi connectivity index (χ0v) is 10.9. The molecule has 8 heteroatoms. The summed E-state index contributed by atoms with van der Waals surface area (Å²) >= 11 is 5.66. The summed E-state index contributed by atoms with van der Waals surface area (Å²) in [4.78, 5) is 32.6. The van der Waals surface area contributed by atoms with E-state index in [0.717, 1.165) is 12.1 Å². The van der Waals surface area contributed by atoms with Crippen molar-refractivity contribution >= 4 is 29.2 Å². The Morgan fingerprint density at radius 3 is 2.42 bits per heavy atom. The Kier molecular flexibility index (Phi) is 4.10. The molecule has 19 heavy (non-hydrogen) atoms. The first kappa shape index (κ1) is 14.9. The Labute approximate surface area is 113 Å². The average molecular weight is 287 g/mol. The molecule has 0 aliphatic carbocycles. The lowest BCUT2D eigenvalue weighted by atomic mass is 10.1. The normalized spacial score (nSPS) is 10.9. The van der Waals surface area contributed by atoms with E-state index in [1.54, 1.807) is 0 Å². The fourth-order valence-corrected chi connectivity index (χ4v) is 1.46. The highest BCUT2D eigenvalue weighted by atomic mass is 35.5. The number of carbonyl (C=O) groups excluding carboxylic acids is 1. The molecule has 102 valence electrons. The first-order valence-electron chi connectivity index (χ1n) is 5.15. The maximum Gasteiger partial charge on any atom is 0.328 e. The van der Waals surface area contributed by atoms with Gasteiger partial charge in [0.05, 0.1) is 4.92 Å². The van der Waals surface area contributed by atoms with Crippen LogP contribution in [-0.2, 0) is 4.79 Å². The number of nitrogens with one attached hydrogen (secondary N) is 1. The molecule has 0 aromatic heterocycles. The van der Waals surface area contributed by atoms with Gasteiger partial charge in [0.25, 0.3) is 11.6 Å². The summed E-state index contributed by atoms with van der Waals surface area (Å²) < 4.78 is 0. The van der Waals surface area contributed by atoms with Crippen molar-refractivity contribution in [1.82, 2.24) is 5.32 Å². The minimum absolute atomic E-state index is 0.0462. The molecule has 0 bridgehead atoms. The third kappa shape index (κ3) is 3.41. The molecule has 0 unspecified atom stereocenters. The summed E-state index contributed by atoms with van der Waals surface area (Å²) in [6.45, 7) is 2.64. The van der Waals surface area contributed by atoms with E-state index in [0.29, 0.717) is 0 Å². The molecule has 7 nitrogen and oxygen atoms in total. The summed E-state index contributed by atoms with van der Waals surface area (Å²) in [6, 6.07) is 3.41. The van der Waals surface area contributed by atoms with Crippen LogP contribution in [0.1, 0.15) is 24.2 Å². The van der Waals surface area contributed by atoms with Gasteiger partial charge in [-0.25, -0.2) is 4.79 Å². The van der Waals surface area contributed by atoms with Gasteiger partial charge >= 0.3 is 5.97 Å². The molecule has 0 saturated carbocycles. The van der Waals surface area contributed by atoms with E-state index in [-0.39, 0.29) is 16.3 Å². The van der Waals surface area contributed by atoms with Gasteiger partial charge in [0.1, 0.15) is 10.6 Å². The van der Waals surface area contributed by atoms with Gasteiger partial charge in [-0.3, -0.25) is 14.9 Å². The molecule has 2 N–H and O–H groups in total. The van der Waals surface area contributed by atoms with E-state index in [1.807, 2.05) is 0 Å². The van der Waals surface area contributed by atoms with Crippen LogP contribution < -0.4 is 5.32 Å². The van der Waals surface area contributed by atoms with Crippen molar-refractivity contribution in [1.29, 1.82) is 0 Å². The molecule has 0 aliphatic rings. The van der Waals surface area contributed by atoms with Gasteiger partial charge in [0.15, 0.2) is 0 Å². The van der Waals surface area contributed by atoms with Gasteiger partial charge in [-0.05, 0) is 26.0 Å². The second-order valence-electron chi connectivity index (χ2n) is 4.31. The molecule has 1 rings (SSSR count). The monoisotopic (exact) mass is 286 g/mol. The predicted molar refractivity (Wildman–Crippen MR) is 67.3 cm³/mol. The molecule has 0 aliphatic heterocycles. The van der Waals surface area contributed by atoms with Crippen molar-refractivity contribution in [2.45, 2.75) is 19.4 Å². The number of carbonyl (C=O) groups is 2. The summed E-state index contributed by atoms with van der Waals surface area (Å²) in [5, 5.41) is 21.5. The highest BCUT2D eigenvalue weighted by Crippen LogP contribution is 2.25. The fourth-order valence-electron chi connectivity index (χ4n) is 1.21. The first-order valence-corrected chi connectivity index (χ1v) is 5.53. The van der Waals surface area contributed by atoms with E-state index in [4.69, 9.17) is 16.7 Å². The van der Waals surface area contributed by atoms with Crippen molar-refractivity contribution in [2.24, 2.45) is 0 Å². The van der Waals surface area contributed by atoms with Gasteiger partial charge in [0.2, 0.25) is 0 Å². The molecule has 0 heterocycles. The van der Waals surface area contributed by atoms with Gasteiger partial charge in [0, 0.05) is 11.6 Å². The third-order valence-electron chi connectivity index (χ3n) is 2.37. The lowest BCUT2D eigenvalue weighted by Gasteiger charge is -2.20. The maximum atomic E-state index is 11.8. The van der Waals surface area contributed by atoms with Crippen LogP contribution in [-0.4, -0.2) is 27.4 Å². The second kappa shape index (κ2) is 5.23. The zero-order chi connectivity index (χ0) is 14.8. The van der Waals surface area contributed by atoms with E-state index in [2.05, 4.69) is 5.32 Å². The van der Waals surface area contributed by atoms with Crippen molar-refractivity contribution < 1.29 is 19.6 Å². The Hall–Kier alpha value is -2.15. The van der Waals surface area contributed by atoms with Gasteiger partial charge in [-0.15, -0.1) is 0 Å². The van der Waals surface area contributed by atoms with Crippen LogP contribution in [0.2, 0.25) is 5.02 Å². The van der Waals surface area contributed by atoms with E-state index < -0.39 is 22.3 Å². The fraction of sp³-hybridized carbons (Fsp3) is 0.273. The molecule has 1 aromatic rings. The number of aliphatic carboxylic acids is 1. The molecule has 0 saturated heterocycles. The standard InChI is InChI=1S/C11H11ClN2O5/c1-11(2,10(16)17)13-9(15)6-3-4-8(14(18)19)7(12)5-6/h3-5H,1-2H3,(H,13,15)(H,16,17). The van der Waals surface area contributed by atoms with Crippen molar-refractivity contribution in [2.75, 3.05) is 0 Å². The Bertz CT molecular complexity index is 556. The molecule has 0 spiro atoms. The summed E-state index contributed by atoms with van der Waals surface area (Å²) in [5.74, 6) is -1.88. The molecule has 1 aromatic carbocycles. The quantitative estimate of drug-likeness (QED) is 0.648. The highest BCUT2D eigenvalue weighted by molar-refractivity contribution is 6.33. The Balaban J connectivity index is 2.99. The number of nitrogens with zero attached hydrogens (tertiary/aromatic N) is 1. The number of hydrogen-bond acceptors (Lipinski definition) is 4. The summed E-state index contributed by atoms with van der Waals surface area (Å²) in [5.41, 5.74) is -1.73. The van der Waals surface area contributed by atoms with E-state index >= 15 is 0 Å². The molecule has 0 radical (unpaired) electrons. The van der Waals surface area contributed by atoms with Crippen LogP contribution in [0.5, 0.6) is 0 Å². The molecule has 1 amide bonds. The minimum atomic E-state index is -1.45. The molecular weight excluding hydrogens is 276 g/mol. The summed E-state index contributed by atoms with van der Waals surface area (Å²) in [7, 11) is 0. The average Bonchev–Trinajstić information content (AvgIpc) is 2.27. The molecule has 0 fully saturated rings. The third-order valence-corrected chi connectivity index (χ3v) is 2.67. The van der Waals surface area contributed by atoms with Crippen LogP contribution >= 0.6 is 11.6 Å². The van der Waals surface area contributed by atoms with Crippen LogP contribution in [0.4, 0.5) is 5.69 Å². The smallest absolute Gasteiger partial charge is 0.328 e. The lowest BCUT2D eigenvalue weighted by molar-refractivity contribution is -0.384. The largest absolute Gasteiger partial charge is 0.480 e. The molecular formula is C11H11ClN2O5. The number of nitro groups is 1. The number of amides is 1. The number of carboxylic acid groups (broad SMARTS) is 1. The number of benzene rings is 1. The van der Waals surface area contributed by atoms with E-state index in [9.17, 15) is 19.7 Å². The topological polar surface area (TPSA) is 110 Å². The van der Waals surface area contributed by atoms with Crippen LogP contribution in [0, 0.1) is 10.1 Å². The number of halogens is 1. The van der Waals surface area contributed by atoms with E-state index in [1.165, 1.54) is 19.9 Å². The number of hydrogen-bond donors (Lipinski definition) is 2. The highest BCUT2D eigenvalue weighted by Gasteiger charge is 2.29. The zero-order valence-electron chi connectivity index (χ0n) is 10.1. The Morgan fingerprint density at radius 1 is 1.42 bits per heavy atom. The maximum absolute atomic E-state index is 11.8. The number of nitro benzene ring substituents is 1. The SMILES string of the molecule is CC(C)(NC(=O)c1ccc([N+](=O)[O-])c(Cl)c1)C(=O)O. The van der Waals surface area contributed by atoms with Gasteiger partial charge < -0.3 is 10.4 Å². The lowest BCUT2D eigenvalue weighted by Crippen LogP contribution is -2.49. The van der Waals surface area contributed by atoms with Crippen molar-refractivity contribution in [3.63, 3.8) is 0 Å². The Morgan fingerprint density at radius 2 is 2.00 bits per heavy atom. The number of carboxylic acids is 1. The number of rotatable bonds is 4. The second-order valence-corrected chi connectivity index (χ2v) is 4.71. The van der Waals surface area contributed by atoms with Crippen LogP contribution in [0.15, 0.2) is 18.2 Å². The van der Waals surface area contributed by atoms with Gasteiger partial charge in [-0.1, -0.05) is 11.6 Å². The molecule has 0 atom stereocenters. The van der Waals surface area contributed by atoms with Gasteiger partial charge in [-0.2, -0.15) is 0 Å². The van der Waals surface area contributed by atoms with Crippen molar-refractivity contribution in [3.05, 3.63) is 38.9 Å². The minimum Gasteiger partial charge on any atom is -0.480 e. The van der Waals surface area contributed by atoms with Crippen molar-refractivity contribution in [3.8, 4) is 0 Å². The first-order chi connectivity index (χ1) is 8.65. The van der Waals surface area contributed by atoms with Crippen LogP contribution in [0.25, 0.3) is 0 Å². The van der Waals surface area contributed by atoms with Crippen LogP contribution in [0.3, 0.4) is 0 Å².